The maximum Gasteiger partial charge on any atom is 0.228 e. The fraction of sp³-hybridized carbons (Fsp3) is 0.348. The van der Waals surface area contributed by atoms with E-state index in [4.69, 9.17) is 14.0 Å². The minimum atomic E-state index is -0.670. The van der Waals surface area contributed by atoms with Crippen molar-refractivity contribution >= 4 is 22.7 Å². The summed E-state index contributed by atoms with van der Waals surface area (Å²) in [5, 5.41) is 4.96. The van der Waals surface area contributed by atoms with Gasteiger partial charge in [-0.3, -0.25) is 9.59 Å². The zero-order valence-electron chi connectivity index (χ0n) is 16.9. The molecule has 154 valence electrons. The summed E-state index contributed by atoms with van der Waals surface area (Å²) < 4.78 is 16.8. The fourth-order valence-electron chi connectivity index (χ4n) is 4.37. The van der Waals surface area contributed by atoms with Gasteiger partial charge in [-0.2, -0.15) is 0 Å². The van der Waals surface area contributed by atoms with Crippen LogP contribution in [0.3, 0.4) is 0 Å². The van der Waals surface area contributed by atoms with Crippen LogP contribution in [0.2, 0.25) is 0 Å². The Morgan fingerprint density at radius 1 is 1.27 bits per heavy atom. The molecule has 1 saturated heterocycles. The van der Waals surface area contributed by atoms with Crippen LogP contribution >= 0.6 is 0 Å². The third-order valence-corrected chi connectivity index (χ3v) is 5.98. The van der Waals surface area contributed by atoms with Gasteiger partial charge in [0.1, 0.15) is 22.8 Å². The standard InChI is InChI=1S/C23H22N2O5/c1-14-3-5-21-16(9-14)18(24-30-21)11-22(27)25-8-7-23(13-25)12-19(26)17-10-15(28-2)4-6-20(17)29-23/h3-6,9-10H,7-8,11-13H2,1-2H3. The second-order valence-electron chi connectivity index (χ2n) is 8.12. The molecule has 3 aromatic rings. The van der Waals surface area contributed by atoms with Gasteiger partial charge in [-0.25, -0.2) is 0 Å². The molecule has 5 rings (SSSR count). The lowest BCUT2D eigenvalue weighted by molar-refractivity contribution is -0.130. The maximum absolute atomic E-state index is 13.0. The molecule has 1 aromatic heterocycles. The Morgan fingerprint density at radius 2 is 2.13 bits per heavy atom. The van der Waals surface area contributed by atoms with Crippen LogP contribution in [0, 0.1) is 6.92 Å². The SMILES string of the molecule is COc1ccc2c(c1)C(=O)CC1(CCN(C(=O)Cc3noc4ccc(C)cc34)C1)O2. The molecule has 2 aromatic carbocycles. The van der Waals surface area contributed by atoms with E-state index in [1.54, 1.807) is 30.2 Å². The predicted octanol–water partition coefficient (Wildman–Crippen LogP) is 3.32. The number of ether oxygens (including phenoxy) is 2. The summed E-state index contributed by atoms with van der Waals surface area (Å²) in [6.45, 7) is 2.93. The Hall–Kier alpha value is -3.35. The average molecular weight is 406 g/mol. The van der Waals surface area contributed by atoms with Crippen LogP contribution in [0.25, 0.3) is 11.0 Å². The molecule has 0 saturated carbocycles. The normalized spacial score (nSPS) is 20.5. The van der Waals surface area contributed by atoms with E-state index in [0.717, 1.165) is 10.9 Å². The van der Waals surface area contributed by atoms with Crippen molar-refractivity contribution in [1.29, 1.82) is 0 Å². The molecule has 30 heavy (non-hydrogen) atoms. The van der Waals surface area contributed by atoms with Gasteiger partial charge < -0.3 is 18.9 Å². The molecule has 1 amide bonds. The number of hydrogen-bond donors (Lipinski definition) is 0. The quantitative estimate of drug-likeness (QED) is 0.664. The summed E-state index contributed by atoms with van der Waals surface area (Å²) >= 11 is 0. The van der Waals surface area contributed by atoms with Crippen molar-refractivity contribution in [3.8, 4) is 11.5 Å². The molecule has 1 atom stereocenters. The van der Waals surface area contributed by atoms with Gasteiger partial charge in [0.15, 0.2) is 11.4 Å². The number of likely N-dealkylation sites (tertiary alicyclic amines) is 1. The first-order valence-electron chi connectivity index (χ1n) is 9.99. The van der Waals surface area contributed by atoms with Crippen LogP contribution in [-0.4, -0.2) is 47.5 Å². The Morgan fingerprint density at radius 3 is 2.97 bits per heavy atom. The number of carbonyl (C=O) groups excluding carboxylic acids is 2. The van der Waals surface area contributed by atoms with Gasteiger partial charge in [-0.15, -0.1) is 0 Å². The van der Waals surface area contributed by atoms with Crippen LogP contribution in [0.5, 0.6) is 11.5 Å². The van der Waals surface area contributed by atoms with Gasteiger partial charge in [0.2, 0.25) is 5.91 Å². The smallest absolute Gasteiger partial charge is 0.228 e. The third kappa shape index (κ3) is 3.10. The van der Waals surface area contributed by atoms with Crippen molar-refractivity contribution in [3.05, 3.63) is 53.2 Å². The van der Waals surface area contributed by atoms with Gasteiger partial charge in [-0.1, -0.05) is 16.8 Å². The maximum atomic E-state index is 13.0. The molecule has 2 aliphatic heterocycles. The Kier molecular flexibility index (Phi) is 4.27. The number of carbonyl (C=O) groups is 2. The Bertz CT molecular complexity index is 1170. The number of amides is 1. The van der Waals surface area contributed by atoms with E-state index in [0.29, 0.717) is 47.8 Å². The number of methoxy groups -OCH3 is 1. The third-order valence-electron chi connectivity index (χ3n) is 5.98. The minimum absolute atomic E-state index is 0.0161. The van der Waals surface area contributed by atoms with E-state index in [1.807, 2.05) is 25.1 Å². The predicted molar refractivity (Wildman–Crippen MR) is 109 cm³/mol. The van der Waals surface area contributed by atoms with E-state index in [9.17, 15) is 9.59 Å². The van der Waals surface area contributed by atoms with Gasteiger partial charge in [-0.05, 0) is 37.3 Å². The van der Waals surface area contributed by atoms with Gasteiger partial charge >= 0.3 is 0 Å². The molecule has 1 unspecified atom stereocenters. The van der Waals surface area contributed by atoms with E-state index < -0.39 is 5.60 Å². The number of aryl methyl sites for hydroxylation is 1. The first kappa shape index (κ1) is 18.7. The van der Waals surface area contributed by atoms with Crippen LogP contribution in [0.4, 0.5) is 0 Å². The van der Waals surface area contributed by atoms with Crippen LogP contribution < -0.4 is 9.47 Å². The second kappa shape index (κ2) is 6.86. The topological polar surface area (TPSA) is 81.9 Å². The van der Waals surface area contributed by atoms with E-state index in [1.165, 1.54) is 0 Å². The van der Waals surface area contributed by atoms with Crippen molar-refractivity contribution in [3.63, 3.8) is 0 Å². The molecule has 1 fully saturated rings. The largest absolute Gasteiger partial charge is 0.497 e. The zero-order chi connectivity index (χ0) is 20.9. The molecule has 7 nitrogen and oxygen atoms in total. The van der Waals surface area contributed by atoms with Crippen molar-refractivity contribution in [2.24, 2.45) is 0 Å². The monoisotopic (exact) mass is 406 g/mol. The number of Topliss-reactive ketones (excluding diaryl/α,β-unsaturated/α-hetero) is 1. The first-order valence-corrected chi connectivity index (χ1v) is 9.99. The lowest BCUT2D eigenvalue weighted by Gasteiger charge is -2.34. The Labute approximate surface area is 173 Å². The number of benzene rings is 2. The summed E-state index contributed by atoms with van der Waals surface area (Å²) in [5.41, 5.74) is 2.27. The van der Waals surface area contributed by atoms with Crippen molar-refractivity contribution in [2.75, 3.05) is 20.2 Å². The summed E-state index contributed by atoms with van der Waals surface area (Å²) in [5.74, 6) is 1.15. The molecule has 0 radical (unpaired) electrons. The average Bonchev–Trinajstić information content (AvgIpc) is 3.32. The number of ketones is 1. The summed E-state index contributed by atoms with van der Waals surface area (Å²) in [4.78, 5) is 27.5. The van der Waals surface area contributed by atoms with Gasteiger partial charge in [0.05, 0.1) is 32.1 Å². The molecule has 0 bridgehead atoms. The van der Waals surface area contributed by atoms with Crippen LogP contribution in [0.15, 0.2) is 40.9 Å². The molecule has 2 aliphatic rings. The highest BCUT2D eigenvalue weighted by molar-refractivity contribution is 6.01. The lowest BCUT2D eigenvalue weighted by Crippen LogP contribution is -2.45. The van der Waals surface area contributed by atoms with Crippen LogP contribution in [0.1, 0.15) is 34.5 Å². The fourth-order valence-corrected chi connectivity index (χ4v) is 4.37. The van der Waals surface area contributed by atoms with E-state index in [2.05, 4.69) is 5.16 Å². The van der Waals surface area contributed by atoms with E-state index in [-0.39, 0.29) is 24.5 Å². The molecule has 7 heteroatoms. The van der Waals surface area contributed by atoms with E-state index >= 15 is 0 Å². The Balaban J connectivity index is 1.33. The van der Waals surface area contributed by atoms with Gasteiger partial charge in [0, 0.05) is 18.4 Å². The van der Waals surface area contributed by atoms with Crippen molar-refractivity contribution in [1.82, 2.24) is 10.1 Å². The van der Waals surface area contributed by atoms with Crippen molar-refractivity contribution < 1.29 is 23.6 Å². The highest BCUT2D eigenvalue weighted by Crippen LogP contribution is 2.40. The van der Waals surface area contributed by atoms with Crippen LogP contribution in [-0.2, 0) is 11.2 Å². The molecule has 0 aliphatic carbocycles. The summed E-state index contributed by atoms with van der Waals surface area (Å²) in [6, 6.07) is 11.1. The molecule has 1 spiro atoms. The molecular formula is C23H22N2O5. The number of rotatable bonds is 3. The van der Waals surface area contributed by atoms with Gasteiger partial charge in [0.25, 0.3) is 0 Å². The molecule has 0 N–H and O–H groups in total. The molecular weight excluding hydrogens is 384 g/mol. The number of fused-ring (bicyclic) bond motifs is 2. The number of aromatic nitrogens is 1. The number of nitrogens with zero attached hydrogens (tertiary/aromatic N) is 2. The van der Waals surface area contributed by atoms with Crippen molar-refractivity contribution in [2.45, 2.75) is 31.8 Å². The zero-order valence-corrected chi connectivity index (χ0v) is 16.9. The number of hydrogen-bond acceptors (Lipinski definition) is 6. The second-order valence-corrected chi connectivity index (χ2v) is 8.12. The summed E-state index contributed by atoms with van der Waals surface area (Å²) in [7, 11) is 1.57. The molecule has 3 heterocycles. The first-order chi connectivity index (χ1) is 14.5. The highest BCUT2D eigenvalue weighted by atomic mass is 16.5. The lowest BCUT2D eigenvalue weighted by atomic mass is 9.89. The summed E-state index contributed by atoms with van der Waals surface area (Å²) in [6.07, 6.45) is 1.03. The highest BCUT2D eigenvalue weighted by Gasteiger charge is 2.47. The minimum Gasteiger partial charge on any atom is -0.497 e.